The highest BCUT2D eigenvalue weighted by molar-refractivity contribution is 5.54. The number of nitrogen functional groups attached to an aromatic ring is 1. The Balaban J connectivity index is 2.11. The van der Waals surface area contributed by atoms with Gasteiger partial charge in [-0.05, 0) is 56.1 Å². The van der Waals surface area contributed by atoms with Gasteiger partial charge in [-0.25, -0.2) is 0 Å². The van der Waals surface area contributed by atoms with Crippen molar-refractivity contribution in [1.29, 1.82) is 0 Å². The minimum absolute atomic E-state index is 0.351. The topological polar surface area (TPSA) is 35.2 Å². The van der Waals surface area contributed by atoms with Gasteiger partial charge in [0.2, 0.25) is 0 Å². The van der Waals surface area contributed by atoms with Crippen molar-refractivity contribution >= 4 is 5.69 Å². The van der Waals surface area contributed by atoms with E-state index in [1.807, 2.05) is 13.0 Å². The zero-order valence-corrected chi connectivity index (χ0v) is 12.0. The Bertz CT molecular complexity index is 417. The molecule has 2 N–H and O–H groups in total. The third-order valence-electron chi connectivity index (χ3n) is 3.99. The van der Waals surface area contributed by atoms with Crippen LogP contribution in [0.2, 0.25) is 0 Å². The molecule has 2 nitrogen and oxygen atoms in total. The summed E-state index contributed by atoms with van der Waals surface area (Å²) >= 11 is 0. The van der Waals surface area contributed by atoms with E-state index in [0.29, 0.717) is 6.10 Å². The predicted molar refractivity (Wildman–Crippen MR) is 76.9 cm³/mol. The number of ether oxygens (including phenoxy) is 1. The molecule has 1 saturated carbocycles. The Morgan fingerprint density at radius 1 is 1.00 bits per heavy atom. The highest BCUT2D eigenvalue weighted by Gasteiger charge is 2.25. The molecule has 0 saturated heterocycles. The summed E-state index contributed by atoms with van der Waals surface area (Å²) in [6, 6.07) is 4.09. The molecule has 2 heteroatoms. The van der Waals surface area contributed by atoms with Crippen LogP contribution in [0.25, 0.3) is 0 Å². The lowest BCUT2D eigenvalue weighted by Gasteiger charge is -2.32. The van der Waals surface area contributed by atoms with Gasteiger partial charge in [-0.1, -0.05) is 19.9 Å². The summed E-state index contributed by atoms with van der Waals surface area (Å²) in [5, 5.41) is 0. The van der Waals surface area contributed by atoms with E-state index in [4.69, 9.17) is 10.5 Å². The standard InChI is InChI=1S/C16H25NO/c1-10-5-11(2)7-14(6-10)18-16-9-15(17)12(3)8-13(16)4/h8-11,14H,5-7,17H2,1-4H3. The Kier molecular flexibility index (Phi) is 3.84. The van der Waals surface area contributed by atoms with Gasteiger partial charge in [0.05, 0.1) is 6.10 Å². The normalized spacial score (nSPS) is 28.1. The van der Waals surface area contributed by atoms with Gasteiger partial charge in [-0.15, -0.1) is 0 Å². The molecule has 0 heterocycles. The van der Waals surface area contributed by atoms with Crippen molar-refractivity contribution in [2.45, 2.75) is 53.1 Å². The quantitative estimate of drug-likeness (QED) is 0.799. The predicted octanol–water partition coefficient (Wildman–Crippen LogP) is 4.09. The SMILES string of the molecule is Cc1cc(C)c(OC2CC(C)CC(C)C2)cc1N. The minimum atomic E-state index is 0.351. The maximum absolute atomic E-state index is 6.18. The van der Waals surface area contributed by atoms with Crippen LogP contribution in [0, 0.1) is 25.7 Å². The van der Waals surface area contributed by atoms with Crippen molar-refractivity contribution in [1.82, 2.24) is 0 Å². The average molecular weight is 247 g/mol. The van der Waals surface area contributed by atoms with Crippen LogP contribution in [0.5, 0.6) is 5.75 Å². The zero-order valence-electron chi connectivity index (χ0n) is 12.0. The molecular weight excluding hydrogens is 222 g/mol. The van der Waals surface area contributed by atoms with Crippen LogP contribution in [-0.4, -0.2) is 6.10 Å². The second-order valence-corrected chi connectivity index (χ2v) is 6.13. The van der Waals surface area contributed by atoms with Crippen LogP contribution >= 0.6 is 0 Å². The summed E-state index contributed by atoms with van der Waals surface area (Å²) < 4.78 is 6.18. The van der Waals surface area contributed by atoms with Gasteiger partial charge in [-0.2, -0.15) is 0 Å². The number of rotatable bonds is 2. The third-order valence-corrected chi connectivity index (χ3v) is 3.99. The molecule has 0 bridgehead atoms. The van der Waals surface area contributed by atoms with E-state index in [1.54, 1.807) is 0 Å². The largest absolute Gasteiger partial charge is 0.490 e. The van der Waals surface area contributed by atoms with Gasteiger partial charge in [0.25, 0.3) is 0 Å². The first-order valence-electron chi connectivity index (χ1n) is 6.99. The Hall–Kier alpha value is -1.18. The van der Waals surface area contributed by atoms with Crippen LogP contribution in [-0.2, 0) is 0 Å². The molecule has 100 valence electrons. The molecule has 0 amide bonds. The lowest BCUT2D eigenvalue weighted by Crippen LogP contribution is -2.28. The molecule has 1 fully saturated rings. The molecule has 0 radical (unpaired) electrons. The molecule has 2 unspecified atom stereocenters. The van der Waals surface area contributed by atoms with E-state index in [1.165, 1.54) is 12.0 Å². The molecule has 2 rings (SSSR count). The second-order valence-electron chi connectivity index (χ2n) is 6.13. The van der Waals surface area contributed by atoms with Crippen LogP contribution in [0.3, 0.4) is 0 Å². The maximum Gasteiger partial charge on any atom is 0.124 e. The Morgan fingerprint density at radius 3 is 2.22 bits per heavy atom. The Labute approximate surface area is 111 Å². The van der Waals surface area contributed by atoms with Crippen molar-refractivity contribution in [3.8, 4) is 5.75 Å². The van der Waals surface area contributed by atoms with Crippen molar-refractivity contribution in [2.24, 2.45) is 11.8 Å². The van der Waals surface area contributed by atoms with Crippen molar-refractivity contribution in [3.05, 3.63) is 23.3 Å². The summed E-state index contributed by atoms with van der Waals surface area (Å²) in [6.45, 7) is 8.78. The lowest BCUT2D eigenvalue weighted by atomic mass is 9.82. The number of nitrogens with two attached hydrogens (primary N) is 1. The lowest BCUT2D eigenvalue weighted by molar-refractivity contribution is 0.100. The highest BCUT2D eigenvalue weighted by atomic mass is 16.5. The second kappa shape index (κ2) is 5.21. The maximum atomic E-state index is 6.18. The molecule has 1 aromatic carbocycles. The van der Waals surface area contributed by atoms with E-state index >= 15 is 0 Å². The van der Waals surface area contributed by atoms with Gasteiger partial charge < -0.3 is 10.5 Å². The fraction of sp³-hybridized carbons (Fsp3) is 0.625. The zero-order chi connectivity index (χ0) is 13.3. The molecule has 0 aliphatic heterocycles. The summed E-state index contributed by atoms with van der Waals surface area (Å²) in [5.41, 5.74) is 9.11. The molecule has 2 atom stereocenters. The number of hydrogen-bond donors (Lipinski definition) is 1. The van der Waals surface area contributed by atoms with E-state index < -0.39 is 0 Å². The molecule has 18 heavy (non-hydrogen) atoms. The fourth-order valence-corrected chi connectivity index (χ4v) is 3.12. The van der Waals surface area contributed by atoms with E-state index in [2.05, 4.69) is 26.8 Å². The van der Waals surface area contributed by atoms with Crippen LogP contribution in [0.4, 0.5) is 5.69 Å². The number of hydrogen-bond acceptors (Lipinski definition) is 2. The van der Waals surface area contributed by atoms with Crippen molar-refractivity contribution in [2.75, 3.05) is 5.73 Å². The first-order chi connectivity index (χ1) is 8.45. The van der Waals surface area contributed by atoms with Gasteiger partial charge in [-0.3, -0.25) is 0 Å². The van der Waals surface area contributed by atoms with Gasteiger partial charge in [0.1, 0.15) is 5.75 Å². The molecule has 1 aromatic rings. The average Bonchev–Trinajstić information content (AvgIpc) is 2.24. The number of benzene rings is 1. The smallest absolute Gasteiger partial charge is 0.124 e. The summed E-state index contributed by atoms with van der Waals surface area (Å²) in [5.74, 6) is 2.49. The monoisotopic (exact) mass is 247 g/mol. The highest BCUT2D eigenvalue weighted by Crippen LogP contribution is 2.33. The molecule has 1 aliphatic rings. The summed E-state index contributed by atoms with van der Waals surface area (Å²) in [6.07, 6.45) is 4.01. The molecule has 1 aliphatic carbocycles. The molecule has 0 spiro atoms. The minimum Gasteiger partial charge on any atom is -0.490 e. The van der Waals surface area contributed by atoms with Crippen molar-refractivity contribution < 1.29 is 4.74 Å². The van der Waals surface area contributed by atoms with E-state index in [0.717, 1.165) is 41.7 Å². The first-order valence-corrected chi connectivity index (χ1v) is 6.99. The van der Waals surface area contributed by atoms with Gasteiger partial charge in [0, 0.05) is 11.8 Å². The molecular formula is C16H25NO. The number of aryl methyl sites for hydroxylation is 2. The first kappa shape index (κ1) is 13.3. The van der Waals surface area contributed by atoms with Gasteiger partial charge >= 0.3 is 0 Å². The van der Waals surface area contributed by atoms with Crippen LogP contribution in [0.1, 0.15) is 44.2 Å². The van der Waals surface area contributed by atoms with Crippen LogP contribution < -0.4 is 10.5 Å². The van der Waals surface area contributed by atoms with E-state index in [-0.39, 0.29) is 0 Å². The number of anilines is 1. The Morgan fingerprint density at radius 2 is 1.61 bits per heavy atom. The molecule has 0 aromatic heterocycles. The van der Waals surface area contributed by atoms with Crippen LogP contribution in [0.15, 0.2) is 12.1 Å². The van der Waals surface area contributed by atoms with Crippen molar-refractivity contribution in [3.63, 3.8) is 0 Å². The van der Waals surface area contributed by atoms with E-state index in [9.17, 15) is 0 Å². The van der Waals surface area contributed by atoms with Gasteiger partial charge in [0.15, 0.2) is 0 Å². The fourth-order valence-electron chi connectivity index (χ4n) is 3.12. The summed E-state index contributed by atoms with van der Waals surface area (Å²) in [4.78, 5) is 0. The summed E-state index contributed by atoms with van der Waals surface area (Å²) in [7, 11) is 0. The third kappa shape index (κ3) is 2.98.